The van der Waals surface area contributed by atoms with Crippen LogP contribution in [0.25, 0.3) is 27.0 Å². The summed E-state index contributed by atoms with van der Waals surface area (Å²) in [6.07, 6.45) is 5.97. The van der Waals surface area contributed by atoms with Gasteiger partial charge >= 0.3 is 0 Å². The summed E-state index contributed by atoms with van der Waals surface area (Å²) in [5.74, 6) is 0. The molecule has 5 heteroatoms. The third-order valence-corrected chi connectivity index (χ3v) is 6.53. The van der Waals surface area contributed by atoms with Crippen LogP contribution in [0.5, 0.6) is 0 Å². The van der Waals surface area contributed by atoms with Crippen molar-refractivity contribution in [1.29, 1.82) is 0 Å². The molecule has 0 unspecified atom stereocenters. The van der Waals surface area contributed by atoms with Crippen molar-refractivity contribution in [3.63, 3.8) is 0 Å². The molecule has 1 aliphatic rings. The van der Waals surface area contributed by atoms with E-state index >= 15 is 0 Å². The van der Waals surface area contributed by atoms with E-state index in [0.717, 1.165) is 42.0 Å². The maximum atomic E-state index is 12.8. The lowest BCUT2D eigenvalue weighted by Gasteiger charge is -2.08. The van der Waals surface area contributed by atoms with Gasteiger partial charge in [-0.05, 0) is 67.1 Å². The Morgan fingerprint density at radius 1 is 1.14 bits per heavy atom. The van der Waals surface area contributed by atoms with E-state index in [4.69, 9.17) is 0 Å². The molecular weight excluding hydrogens is 366 g/mol. The first-order valence-electron chi connectivity index (χ1n) is 9.60. The van der Waals surface area contributed by atoms with Gasteiger partial charge in [-0.1, -0.05) is 12.1 Å². The van der Waals surface area contributed by atoms with Gasteiger partial charge in [0.2, 0.25) is 0 Å². The molecule has 5 rings (SSSR count). The Morgan fingerprint density at radius 3 is 2.89 bits per heavy atom. The van der Waals surface area contributed by atoms with Gasteiger partial charge in [-0.15, -0.1) is 11.3 Å². The second kappa shape index (κ2) is 7.00. The molecule has 0 saturated carbocycles. The Hall–Kier alpha value is -2.76. The van der Waals surface area contributed by atoms with E-state index in [1.54, 1.807) is 10.6 Å². The Morgan fingerprint density at radius 2 is 2.07 bits per heavy atom. The minimum absolute atomic E-state index is 0.0426. The van der Waals surface area contributed by atoms with Gasteiger partial charge in [-0.3, -0.25) is 14.3 Å². The topological polar surface area (TPSA) is 46.9 Å². The Bertz CT molecular complexity index is 1220. The Kier molecular flexibility index (Phi) is 4.34. The second-order valence-corrected chi connectivity index (χ2v) is 8.45. The number of benzene rings is 1. The zero-order valence-electron chi connectivity index (χ0n) is 15.7. The van der Waals surface area contributed by atoms with E-state index in [0.29, 0.717) is 0 Å². The second-order valence-electron chi connectivity index (χ2n) is 7.31. The zero-order chi connectivity index (χ0) is 19.1. The number of aryl methyl sites for hydroxylation is 2. The number of nitrogens with one attached hydrogen (secondary N) is 1. The first-order valence-corrected chi connectivity index (χ1v) is 10.4. The van der Waals surface area contributed by atoms with Crippen molar-refractivity contribution in [2.75, 3.05) is 6.54 Å². The molecule has 4 nitrogen and oxygen atoms in total. The number of thiophene rings is 1. The molecule has 0 bridgehead atoms. The quantitative estimate of drug-likeness (QED) is 0.552. The number of hydrogen-bond acceptors (Lipinski definition) is 4. The minimum atomic E-state index is -0.0426. The molecule has 3 aromatic heterocycles. The van der Waals surface area contributed by atoms with Crippen LogP contribution in [0.1, 0.15) is 22.4 Å². The number of nitrogens with zero attached hydrogens (tertiary/aromatic N) is 2. The predicted molar refractivity (Wildman–Crippen MR) is 115 cm³/mol. The van der Waals surface area contributed by atoms with Crippen molar-refractivity contribution in [3.05, 3.63) is 81.2 Å². The molecule has 1 N–H and O–H groups in total. The molecule has 4 heterocycles. The van der Waals surface area contributed by atoms with Crippen LogP contribution in [0.15, 0.2) is 59.7 Å². The Labute approximate surface area is 167 Å². The first kappa shape index (κ1) is 17.3. The average Bonchev–Trinajstić information content (AvgIpc) is 2.88. The number of rotatable bonds is 2. The third-order valence-electron chi connectivity index (χ3n) is 5.33. The number of aromatic nitrogens is 2. The Balaban J connectivity index is 1.54. The van der Waals surface area contributed by atoms with Crippen LogP contribution in [-0.4, -0.2) is 16.1 Å². The summed E-state index contributed by atoms with van der Waals surface area (Å²) in [5, 5.41) is 4.83. The van der Waals surface area contributed by atoms with Crippen LogP contribution in [0.4, 0.5) is 0 Å². The standard InChI is InChI=1S/C23H21N3OS/c1-15-4-7-20(25-13-15)16-8-10-26(23(27)11-16)17-5-6-19-18-3-2-9-24-14-22(18)28-21(19)12-17/h4-8,10-13,24H,2-3,9,14H2,1H3. The predicted octanol–water partition coefficient (Wildman–Crippen LogP) is 4.46. The highest BCUT2D eigenvalue weighted by molar-refractivity contribution is 7.19. The summed E-state index contributed by atoms with van der Waals surface area (Å²) in [5.41, 5.74) is 5.11. The summed E-state index contributed by atoms with van der Waals surface area (Å²) >= 11 is 1.84. The molecule has 0 saturated heterocycles. The zero-order valence-corrected chi connectivity index (χ0v) is 16.6. The van der Waals surface area contributed by atoms with E-state index < -0.39 is 0 Å². The SMILES string of the molecule is Cc1ccc(-c2ccn(-c3ccc4c5c(sc4c3)CNCCC5)c(=O)c2)nc1. The fourth-order valence-electron chi connectivity index (χ4n) is 3.84. The van der Waals surface area contributed by atoms with E-state index in [2.05, 4.69) is 28.5 Å². The molecule has 0 spiro atoms. The van der Waals surface area contributed by atoms with Crippen molar-refractivity contribution in [3.8, 4) is 16.9 Å². The molecule has 140 valence electrons. The molecule has 0 fully saturated rings. The van der Waals surface area contributed by atoms with Gasteiger partial charge < -0.3 is 5.32 Å². The highest BCUT2D eigenvalue weighted by Gasteiger charge is 2.15. The highest BCUT2D eigenvalue weighted by atomic mass is 32.1. The molecule has 4 aromatic rings. The van der Waals surface area contributed by atoms with Crippen LogP contribution < -0.4 is 10.9 Å². The van der Waals surface area contributed by atoms with Crippen molar-refractivity contribution >= 4 is 21.4 Å². The van der Waals surface area contributed by atoms with Crippen LogP contribution in [0.2, 0.25) is 0 Å². The molecule has 0 radical (unpaired) electrons. The number of pyridine rings is 2. The molecule has 0 amide bonds. The number of fused-ring (bicyclic) bond motifs is 3. The van der Waals surface area contributed by atoms with Gasteiger partial charge in [-0.25, -0.2) is 0 Å². The van der Waals surface area contributed by atoms with Crippen molar-refractivity contribution in [2.45, 2.75) is 26.3 Å². The van der Waals surface area contributed by atoms with Crippen LogP contribution in [0.3, 0.4) is 0 Å². The molecule has 1 aliphatic heterocycles. The van der Waals surface area contributed by atoms with Crippen molar-refractivity contribution in [1.82, 2.24) is 14.9 Å². The highest BCUT2D eigenvalue weighted by Crippen LogP contribution is 2.34. The van der Waals surface area contributed by atoms with Crippen LogP contribution in [-0.2, 0) is 13.0 Å². The lowest BCUT2D eigenvalue weighted by atomic mass is 10.1. The lowest BCUT2D eigenvalue weighted by Crippen LogP contribution is -2.16. The molecule has 0 atom stereocenters. The maximum absolute atomic E-state index is 12.8. The van der Waals surface area contributed by atoms with E-state index in [9.17, 15) is 4.79 Å². The molecule has 0 aliphatic carbocycles. The normalized spacial score (nSPS) is 14.0. The largest absolute Gasteiger partial charge is 0.312 e. The molecule has 28 heavy (non-hydrogen) atoms. The fraction of sp³-hybridized carbons (Fsp3) is 0.217. The fourth-order valence-corrected chi connectivity index (χ4v) is 5.09. The smallest absolute Gasteiger partial charge is 0.255 e. The van der Waals surface area contributed by atoms with E-state index in [1.807, 2.05) is 48.9 Å². The van der Waals surface area contributed by atoms with Gasteiger partial charge in [0.1, 0.15) is 0 Å². The van der Waals surface area contributed by atoms with Crippen molar-refractivity contribution in [2.24, 2.45) is 0 Å². The van der Waals surface area contributed by atoms with Crippen LogP contribution >= 0.6 is 11.3 Å². The minimum Gasteiger partial charge on any atom is -0.312 e. The first-order chi connectivity index (χ1) is 13.7. The van der Waals surface area contributed by atoms with Gasteiger partial charge in [-0.2, -0.15) is 0 Å². The van der Waals surface area contributed by atoms with E-state index in [1.165, 1.54) is 26.9 Å². The van der Waals surface area contributed by atoms with Crippen LogP contribution in [0, 0.1) is 6.92 Å². The van der Waals surface area contributed by atoms with Gasteiger partial charge in [0, 0.05) is 40.1 Å². The monoisotopic (exact) mass is 387 g/mol. The maximum Gasteiger partial charge on any atom is 0.255 e. The third kappa shape index (κ3) is 3.07. The summed E-state index contributed by atoms with van der Waals surface area (Å²) in [7, 11) is 0. The average molecular weight is 388 g/mol. The molecular formula is C23H21N3OS. The summed E-state index contributed by atoms with van der Waals surface area (Å²) in [6.45, 7) is 4.03. The van der Waals surface area contributed by atoms with Gasteiger partial charge in [0.25, 0.3) is 5.56 Å². The number of hydrogen-bond donors (Lipinski definition) is 1. The van der Waals surface area contributed by atoms with Gasteiger partial charge in [0.15, 0.2) is 0 Å². The van der Waals surface area contributed by atoms with E-state index in [-0.39, 0.29) is 5.56 Å². The summed E-state index contributed by atoms with van der Waals surface area (Å²) in [6, 6.07) is 13.9. The summed E-state index contributed by atoms with van der Waals surface area (Å²) < 4.78 is 2.96. The van der Waals surface area contributed by atoms with Gasteiger partial charge in [0.05, 0.1) is 11.4 Å². The van der Waals surface area contributed by atoms with Crippen molar-refractivity contribution < 1.29 is 0 Å². The lowest BCUT2D eigenvalue weighted by molar-refractivity contribution is 0.684. The molecule has 1 aromatic carbocycles. The summed E-state index contributed by atoms with van der Waals surface area (Å²) in [4.78, 5) is 18.6.